The second-order valence-electron chi connectivity index (χ2n) is 1.48. The molecule has 1 aromatic rings. The fourth-order valence-electron chi connectivity index (χ4n) is 0.403. The predicted molar refractivity (Wildman–Crippen MR) is 48.1 cm³/mol. The lowest BCUT2D eigenvalue weighted by Gasteiger charge is -1.88. The largest absolute Gasteiger partial charge is 0.142 e. The van der Waals surface area contributed by atoms with Crippen LogP contribution in [0.25, 0.3) is 0 Å². The molecule has 0 atom stereocenters. The molecular formula is C5H6N2S3. The van der Waals surface area contributed by atoms with Crippen LogP contribution in [-0.2, 0) is 0 Å². The zero-order valence-corrected chi connectivity index (χ0v) is 7.68. The van der Waals surface area contributed by atoms with E-state index in [9.17, 15) is 0 Å². The molecule has 54 valence electrons. The highest BCUT2D eigenvalue weighted by Gasteiger charge is 2.01. The van der Waals surface area contributed by atoms with E-state index in [0.717, 1.165) is 15.0 Å². The van der Waals surface area contributed by atoms with Gasteiger partial charge >= 0.3 is 0 Å². The summed E-state index contributed by atoms with van der Waals surface area (Å²) in [5, 5.41) is 4.47. The molecule has 0 spiro atoms. The summed E-state index contributed by atoms with van der Waals surface area (Å²) in [6.07, 6.45) is 1.84. The van der Waals surface area contributed by atoms with Crippen LogP contribution in [0.3, 0.4) is 0 Å². The van der Waals surface area contributed by atoms with Crippen LogP contribution in [0.2, 0.25) is 0 Å². The molecule has 0 aliphatic rings. The summed E-state index contributed by atoms with van der Waals surface area (Å²) in [7, 11) is 0. The summed E-state index contributed by atoms with van der Waals surface area (Å²) in [4.78, 5) is 0. The molecule has 10 heavy (non-hydrogen) atoms. The molecule has 1 rings (SSSR count). The monoisotopic (exact) mass is 190 g/mol. The van der Waals surface area contributed by atoms with Gasteiger partial charge in [-0.1, -0.05) is 10.6 Å². The first-order valence-electron chi connectivity index (χ1n) is 2.59. The van der Waals surface area contributed by atoms with Gasteiger partial charge < -0.3 is 0 Å². The van der Waals surface area contributed by atoms with Crippen molar-refractivity contribution in [1.82, 2.24) is 9.59 Å². The molecule has 0 N–H and O–H groups in total. The summed E-state index contributed by atoms with van der Waals surface area (Å²) in [5.74, 6) is 0.886. The number of thiol groups is 1. The summed E-state index contributed by atoms with van der Waals surface area (Å²) in [6, 6.07) is 0. The number of nitrogens with zero attached hydrogens (tertiary/aromatic N) is 2. The quantitative estimate of drug-likeness (QED) is 0.449. The van der Waals surface area contributed by atoms with Crippen LogP contribution in [0.5, 0.6) is 0 Å². The van der Waals surface area contributed by atoms with Gasteiger partial charge in [-0.05, 0) is 11.5 Å². The third-order valence-electron chi connectivity index (χ3n) is 0.774. The van der Waals surface area contributed by atoms with E-state index in [-0.39, 0.29) is 0 Å². The Kier molecular flexibility index (Phi) is 3.24. The molecule has 0 radical (unpaired) electrons. The van der Waals surface area contributed by atoms with Gasteiger partial charge in [0.15, 0.2) is 0 Å². The Hall–Kier alpha value is -0.000000000000000111. The van der Waals surface area contributed by atoms with Crippen LogP contribution >= 0.6 is 35.9 Å². The van der Waals surface area contributed by atoms with Gasteiger partial charge in [0.25, 0.3) is 0 Å². The van der Waals surface area contributed by atoms with E-state index in [1.54, 1.807) is 11.8 Å². The Morgan fingerprint density at radius 3 is 3.10 bits per heavy atom. The van der Waals surface area contributed by atoms with E-state index < -0.39 is 0 Å². The van der Waals surface area contributed by atoms with Crippen molar-refractivity contribution in [2.24, 2.45) is 0 Å². The smallest absolute Gasteiger partial charge is 0.131 e. The van der Waals surface area contributed by atoms with Gasteiger partial charge in [0, 0.05) is 5.75 Å². The normalized spacial score (nSPS) is 9.70. The third-order valence-corrected chi connectivity index (χ3v) is 3.35. The minimum atomic E-state index is 0.719. The average Bonchev–Trinajstić information content (AvgIpc) is 2.31. The molecular weight excluding hydrogens is 184 g/mol. The van der Waals surface area contributed by atoms with Crippen molar-refractivity contribution in [1.29, 1.82) is 0 Å². The minimum Gasteiger partial charge on any atom is -0.131 e. The number of hydrogen-bond donors (Lipinski definition) is 1. The maximum absolute atomic E-state index is 4.10. The fourth-order valence-corrected chi connectivity index (χ4v) is 2.10. The van der Waals surface area contributed by atoms with Crippen LogP contribution in [-0.4, -0.2) is 15.3 Å². The van der Waals surface area contributed by atoms with Gasteiger partial charge in [0.05, 0.1) is 0 Å². The molecule has 0 saturated carbocycles. The van der Waals surface area contributed by atoms with E-state index >= 15 is 0 Å². The molecule has 0 amide bonds. The Morgan fingerprint density at radius 2 is 2.60 bits per heavy atom. The first kappa shape index (κ1) is 8.10. The maximum atomic E-state index is 4.10. The molecule has 0 bridgehead atoms. The molecule has 0 aliphatic heterocycles. The van der Waals surface area contributed by atoms with E-state index in [2.05, 4.69) is 28.8 Å². The number of aromatic nitrogens is 2. The molecule has 0 saturated heterocycles. The first-order valence-corrected chi connectivity index (χ1v) is 4.80. The lowest BCUT2D eigenvalue weighted by atomic mass is 10.8. The highest BCUT2D eigenvalue weighted by molar-refractivity contribution is 8.01. The number of hydrogen-bond acceptors (Lipinski definition) is 5. The van der Waals surface area contributed by atoms with Crippen molar-refractivity contribution in [3.63, 3.8) is 0 Å². The lowest BCUT2D eigenvalue weighted by Crippen LogP contribution is -1.69. The second-order valence-corrected chi connectivity index (χ2v) is 3.95. The Morgan fingerprint density at radius 1 is 1.80 bits per heavy atom. The van der Waals surface area contributed by atoms with Crippen LogP contribution in [0, 0.1) is 0 Å². The lowest BCUT2D eigenvalue weighted by molar-refractivity contribution is 1.01. The van der Waals surface area contributed by atoms with Crippen molar-refractivity contribution < 1.29 is 0 Å². The average molecular weight is 190 g/mol. The highest BCUT2D eigenvalue weighted by Crippen LogP contribution is 2.26. The maximum Gasteiger partial charge on any atom is 0.142 e. The van der Waals surface area contributed by atoms with Crippen molar-refractivity contribution in [3.05, 3.63) is 12.7 Å². The molecule has 0 fully saturated rings. The van der Waals surface area contributed by atoms with Gasteiger partial charge in [-0.2, -0.15) is 0 Å². The van der Waals surface area contributed by atoms with Gasteiger partial charge in [-0.3, -0.25) is 0 Å². The summed E-state index contributed by atoms with van der Waals surface area (Å²) >= 11 is 7.12. The van der Waals surface area contributed by atoms with Crippen molar-refractivity contribution in [2.45, 2.75) is 9.24 Å². The third kappa shape index (κ3) is 2.00. The second kappa shape index (κ2) is 4.00. The molecule has 2 nitrogen and oxygen atoms in total. The van der Waals surface area contributed by atoms with E-state index in [0.29, 0.717) is 0 Å². The first-order chi connectivity index (χ1) is 4.84. The summed E-state index contributed by atoms with van der Waals surface area (Å²) in [5.41, 5.74) is 0. The summed E-state index contributed by atoms with van der Waals surface area (Å²) in [6.45, 7) is 3.61. The standard InChI is InChI=1S/C5H6N2S3/c1-2-3-9-5-4(8)6-7-10-5/h2,8H,1,3H2. The van der Waals surface area contributed by atoms with Gasteiger partial charge in [0.1, 0.15) is 9.24 Å². The molecule has 0 aromatic carbocycles. The zero-order valence-electron chi connectivity index (χ0n) is 5.15. The molecule has 1 heterocycles. The van der Waals surface area contributed by atoms with Crippen molar-refractivity contribution in [3.8, 4) is 0 Å². The Balaban J connectivity index is 2.56. The fraction of sp³-hybridized carbons (Fsp3) is 0.200. The van der Waals surface area contributed by atoms with Crippen LogP contribution in [0.1, 0.15) is 0 Å². The minimum absolute atomic E-state index is 0.719. The van der Waals surface area contributed by atoms with Crippen LogP contribution < -0.4 is 0 Å². The van der Waals surface area contributed by atoms with Gasteiger partial charge in [-0.15, -0.1) is 36.1 Å². The van der Waals surface area contributed by atoms with E-state index in [1.807, 2.05) is 6.08 Å². The van der Waals surface area contributed by atoms with Crippen molar-refractivity contribution in [2.75, 3.05) is 5.75 Å². The number of thioether (sulfide) groups is 1. The topological polar surface area (TPSA) is 25.8 Å². The Bertz CT molecular complexity index is 220. The molecule has 1 aromatic heterocycles. The van der Waals surface area contributed by atoms with Crippen LogP contribution in [0.15, 0.2) is 21.9 Å². The van der Waals surface area contributed by atoms with E-state index in [1.165, 1.54) is 11.5 Å². The predicted octanol–water partition coefficient (Wildman–Crippen LogP) is 2.10. The van der Waals surface area contributed by atoms with Gasteiger partial charge in [-0.25, -0.2) is 0 Å². The van der Waals surface area contributed by atoms with Crippen LogP contribution in [0.4, 0.5) is 0 Å². The molecule has 0 aliphatic carbocycles. The zero-order chi connectivity index (χ0) is 7.40. The molecule has 0 unspecified atom stereocenters. The highest BCUT2D eigenvalue weighted by atomic mass is 32.2. The summed E-state index contributed by atoms with van der Waals surface area (Å²) < 4.78 is 4.79. The SMILES string of the molecule is C=CCSc1snnc1S. The Labute approximate surface area is 73.3 Å². The molecule has 5 heteroatoms. The van der Waals surface area contributed by atoms with Crippen molar-refractivity contribution >= 4 is 35.9 Å². The number of rotatable bonds is 3. The van der Waals surface area contributed by atoms with Gasteiger partial charge in [0.2, 0.25) is 0 Å². The van der Waals surface area contributed by atoms with E-state index in [4.69, 9.17) is 0 Å².